The Balaban J connectivity index is 0.000000136. The molecule has 1 fully saturated rings. The first-order valence-electron chi connectivity index (χ1n) is 8.54. The second kappa shape index (κ2) is 8.02. The van der Waals surface area contributed by atoms with E-state index in [1.54, 1.807) is 6.20 Å². The summed E-state index contributed by atoms with van der Waals surface area (Å²) in [6.45, 7) is 0. The summed E-state index contributed by atoms with van der Waals surface area (Å²) in [7, 11) is 0. The number of aliphatic hydroxyl groups is 1. The van der Waals surface area contributed by atoms with Crippen LogP contribution in [-0.4, -0.2) is 21.2 Å². The molecule has 3 nitrogen and oxygen atoms in total. The van der Waals surface area contributed by atoms with Gasteiger partial charge >= 0.3 is 0 Å². The lowest BCUT2D eigenvalue weighted by atomic mass is 10.0. The number of hydrogen-bond acceptors (Lipinski definition) is 3. The first kappa shape index (κ1) is 15.9. The minimum atomic E-state index is -0.167. The monoisotopic (exact) mass is 308 g/mol. The van der Waals surface area contributed by atoms with Gasteiger partial charge in [-0.1, -0.05) is 24.6 Å². The van der Waals surface area contributed by atoms with Crippen molar-refractivity contribution in [1.82, 2.24) is 9.97 Å². The minimum Gasteiger partial charge on any atom is -0.392 e. The highest BCUT2D eigenvalue weighted by Crippen LogP contribution is 2.33. The van der Waals surface area contributed by atoms with E-state index < -0.39 is 0 Å². The maximum absolute atomic E-state index is 9.60. The molecular weight excluding hydrogens is 284 g/mol. The van der Waals surface area contributed by atoms with Gasteiger partial charge in [0.15, 0.2) is 0 Å². The molecule has 0 aliphatic heterocycles. The molecule has 2 unspecified atom stereocenters. The molecule has 2 aliphatic carbocycles. The molecular formula is C20H24N2O. The molecule has 0 spiro atoms. The third-order valence-electron chi connectivity index (χ3n) is 4.58. The zero-order valence-corrected chi connectivity index (χ0v) is 13.4. The van der Waals surface area contributed by atoms with Crippen molar-refractivity contribution < 1.29 is 5.11 Å². The Hall–Kier alpha value is -2.00. The van der Waals surface area contributed by atoms with Gasteiger partial charge in [-0.15, -0.1) is 0 Å². The van der Waals surface area contributed by atoms with Crippen LogP contribution in [0.4, 0.5) is 0 Å². The van der Waals surface area contributed by atoms with E-state index in [2.05, 4.69) is 22.1 Å². The van der Waals surface area contributed by atoms with Crippen LogP contribution in [0, 0.1) is 0 Å². The Morgan fingerprint density at radius 1 is 0.913 bits per heavy atom. The van der Waals surface area contributed by atoms with E-state index >= 15 is 0 Å². The lowest BCUT2D eigenvalue weighted by molar-refractivity contribution is 0.162. The molecule has 2 aliphatic rings. The summed E-state index contributed by atoms with van der Waals surface area (Å²) in [6, 6.07) is 12.0. The topological polar surface area (TPSA) is 46.0 Å². The Kier molecular flexibility index (Phi) is 5.54. The number of nitrogens with zero attached hydrogens (tertiary/aromatic N) is 2. The lowest BCUT2D eigenvalue weighted by Crippen LogP contribution is -2.11. The second-order valence-electron chi connectivity index (χ2n) is 6.20. The first-order chi connectivity index (χ1) is 11.3. The van der Waals surface area contributed by atoms with E-state index in [4.69, 9.17) is 0 Å². The van der Waals surface area contributed by atoms with Crippen molar-refractivity contribution in [2.24, 2.45) is 0 Å². The molecule has 2 aromatic heterocycles. The number of pyridine rings is 2. The predicted octanol–water partition coefficient (Wildman–Crippen LogP) is 4.36. The molecule has 2 heterocycles. The van der Waals surface area contributed by atoms with Crippen LogP contribution in [0.5, 0.6) is 0 Å². The Morgan fingerprint density at radius 2 is 1.74 bits per heavy atom. The maximum Gasteiger partial charge on any atom is 0.0658 e. The molecule has 1 saturated carbocycles. The third-order valence-corrected chi connectivity index (χ3v) is 4.58. The van der Waals surface area contributed by atoms with Crippen LogP contribution in [0.2, 0.25) is 0 Å². The van der Waals surface area contributed by atoms with Gasteiger partial charge in [-0.05, 0) is 61.9 Å². The van der Waals surface area contributed by atoms with Gasteiger partial charge in [0.2, 0.25) is 0 Å². The van der Waals surface area contributed by atoms with Crippen molar-refractivity contribution >= 4 is 5.57 Å². The van der Waals surface area contributed by atoms with Crippen LogP contribution in [0.25, 0.3) is 5.57 Å². The number of aliphatic hydroxyl groups excluding tert-OH is 1. The first-order valence-corrected chi connectivity index (χ1v) is 8.54. The van der Waals surface area contributed by atoms with E-state index in [9.17, 15) is 5.11 Å². The SMILES string of the molecule is C1=C(c2ccccn2)CCC1.OC1CCCC1c1ccccn1. The number of aromatic nitrogens is 2. The van der Waals surface area contributed by atoms with E-state index in [-0.39, 0.29) is 12.0 Å². The fourth-order valence-corrected chi connectivity index (χ4v) is 3.34. The van der Waals surface area contributed by atoms with Crippen molar-refractivity contribution in [3.63, 3.8) is 0 Å². The highest BCUT2D eigenvalue weighted by molar-refractivity contribution is 5.63. The highest BCUT2D eigenvalue weighted by atomic mass is 16.3. The van der Waals surface area contributed by atoms with E-state index in [0.717, 1.165) is 30.7 Å². The van der Waals surface area contributed by atoms with Gasteiger partial charge in [0, 0.05) is 24.0 Å². The second-order valence-corrected chi connectivity index (χ2v) is 6.20. The summed E-state index contributed by atoms with van der Waals surface area (Å²) in [5, 5.41) is 9.60. The molecule has 0 aromatic carbocycles. The lowest BCUT2D eigenvalue weighted by Gasteiger charge is -2.12. The summed E-state index contributed by atoms with van der Waals surface area (Å²) in [5.41, 5.74) is 3.62. The van der Waals surface area contributed by atoms with Gasteiger partial charge in [-0.2, -0.15) is 0 Å². The van der Waals surface area contributed by atoms with Crippen LogP contribution >= 0.6 is 0 Å². The largest absolute Gasteiger partial charge is 0.392 e. The van der Waals surface area contributed by atoms with E-state index in [1.165, 1.54) is 24.8 Å². The van der Waals surface area contributed by atoms with Crippen LogP contribution in [0.3, 0.4) is 0 Å². The van der Waals surface area contributed by atoms with Gasteiger partial charge in [0.05, 0.1) is 11.8 Å². The zero-order valence-electron chi connectivity index (χ0n) is 13.4. The van der Waals surface area contributed by atoms with Crippen LogP contribution in [0.1, 0.15) is 55.8 Å². The molecule has 0 saturated heterocycles. The molecule has 2 aromatic rings. The molecule has 1 N–H and O–H groups in total. The van der Waals surface area contributed by atoms with Crippen LogP contribution in [-0.2, 0) is 0 Å². The molecule has 0 bridgehead atoms. The number of allylic oxidation sites excluding steroid dienone is 2. The minimum absolute atomic E-state index is 0.167. The summed E-state index contributed by atoms with van der Waals surface area (Å²) in [4.78, 5) is 8.54. The standard InChI is InChI=1S/C10H13NO.C10H11N/c12-10-6-3-4-8(10)9-5-1-2-7-11-9;1-2-6-9(5-1)10-7-3-4-8-11-10/h1-2,5,7-8,10,12H,3-4,6H2;3-5,7-8H,1-2,6H2. The molecule has 0 radical (unpaired) electrons. The van der Waals surface area contributed by atoms with Crippen molar-refractivity contribution in [2.45, 2.75) is 50.5 Å². The highest BCUT2D eigenvalue weighted by Gasteiger charge is 2.27. The smallest absolute Gasteiger partial charge is 0.0658 e. The van der Waals surface area contributed by atoms with Gasteiger partial charge in [-0.3, -0.25) is 9.97 Å². The van der Waals surface area contributed by atoms with Gasteiger partial charge < -0.3 is 5.11 Å². The Bertz CT molecular complexity index is 625. The molecule has 23 heavy (non-hydrogen) atoms. The molecule has 120 valence electrons. The molecule has 4 rings (SSSR count). The van der Waals surface area contributed by atoms with Crippen molar-refractivity contribution in [2.75, 3.05) is 0 Å². The number of rotatable bonds is 2. The molecule has 2 atom stereocenters. The fourth-order valence-electron chi connectivity index (χ4n) is 3.34. The van der Waals surface area contributed by atoms with Crippen molar-refractivity contribution in [1.29, 1.82) is 0 Å². The predicted molar refractivity (Wildman–Crippen MR) is 92.9 cm³/mol. The fraction of sp³-hybridized carbons (Fsp3) is 0.400. The van der Waals surface area contributed by atoms with Gasteiger partial charge in [-0.25, -0.2) is 0 Å². The van der Waals surface area contributed by atoms with E-state index in [1.807, 2.05) is 36.5 Å². The van der Waals surface area contributed by atoms with E-state index in [0.29, 0.717) is 0 Å². The van der Waals surface area contributed by atoms with Gasteiger partial charge in [0.1, 0.15) is 0 Å². The Labute approximate surface area is 138 Å². The Morgan fingerprint density at radius 3 is 2.30 bits per heavy atom. The van der Waals surface area contributed by atoms with Gasteiger partial charge in [0.25, 0.3) is 0 Å². The quantitative estimate of drug-likeness (QED) is 0.896. The van der Waals surface area contributed by atoms with Crippen LogP contribution in [0.15, 0.2) is 54.9 Å². The average molecular weight is 308 g/mol. The maximum atomic E-state index is 9.60. The summed E-state index contributed by atoms with van der Waals surface area (Å²) >= 11 is 0. The average Bonchev–Trinajstić information content (AvgIpc) is 3.29. The summed E-state index contributed by atoms with van der Waals surface area (Å²) in [5.74, 6) is 0.284. The van der Waals surface area contributed by atoms with Crippen LogP contribution < -0.4 is 0 Å². The summed E-state index contributed by atoms with van der Waals surface area (Å²) < 4.78 is 0. The van der Waals surface area contributed by atoms with Crippen molar-refractivity contribution in [3.8, 4) is 0 Å². The van der Waals surface area contributed by atoms with Crippen molar-refractivity contribution in [3.05, 3.63) is 66.3 Å². The molecule has 3 heteroatoms. The summed E-state index contributed by atoms with van der Waals surface area (Å²) in [6.07, 6.45) is 12.6. The zero-order chi connectivity index (χ0) is 15.9. The number of hydrogen-bond donors (Lipinski definition) is 1. The third kappa shape index (κ3) is 4.26. The normalized spacial score (nSPS) is 23.1. The molecule has 0 amide bonds.